The third-order valence-electron chi connectivity index (χ3n) is 4.37. The molecule has 2 atom stereocenters. The predicted molar refractivity (Wildman–Crippen MR) is 90.4 cm³/mol. The number of hydrogen-bond donors (Lipinski definition) is 1. The number of amides is 2. The first-order valence-electron chi connectivity index (χ1n) is 7.99. The van der Waals surface area contributed by atoms with E-state index in [1.165, 1.54) is 29.3 Å². The van der Waals surface area contributed by atoms with Crippen molar-refractivity contribution in [1.29, 1.82) is 0 Å². The molecular weight excluding hydrogens is 344 g/mol. The minimum atomic E-state index is -0.743. The second-order valence-electron chi connectivity index (χ2n) is 6.06. The van der Waals surface area contributed by atoms with E-state index in [0.29, 0.717) is 11.3 Å². The topological polar surface area (TPSA) is 85.5 Å². The van der Waals surface area contributed by atoms with Crippen molar-refractivity contribution in [2.24, 2.45) is 11.7 Å². The molecule has 0 saturated carbocycles. The number of aromatic nitrogens is 1. The Morgan fingerprint density at radius 1 is 1.42 bits per heavy atom. The number of pyridine rings is 1. The summed E-state index contributed by atoms with van der Waals surface area (Å²) in [6, 6.07) is 7.30. The number of hydrogen-bond acceptors (Lipinski definition) is 4. The number of primary amides is 1. The molecule has 2 N–H and O–H groups in total. The highest BCUT2D eigenvalue weighted by Gasteiger charge is 2.37. The van der Waals surface area contributed by atoms with Gasteiger partial charge < -0.3 is 10.5 Å². The van der Waals surface area contributed by atoms with Crippen LogP contribution in [0.1, 0.15) is 12.6 Å². The van der Waals surface area contributed by atoms with Crippen LogP contribution < -0.4 is 10.6 Å². The normalized spacial score (nSPS) is 17.9. The standard InChI is InChI=1S/C18H17F2N3O3/c1-10(17(21)24)16-9-23(18(25)26-16)13-2-3-14(15(20)7-13)11-4-5-22-12(6-11)8-19/h2-7,10,16H,8-9H2,1H3,(H2,21,24)/t10-,16?/m0/s1. The van der Waals surface area contributed by atoms with Gasteiger partial charge in [0.25, 0.3) is 0 Å². The molecule has 1 aliphatic heterocycles. The van der Waals surface area contributed by atoms with Gasteiger partial charge in [0.2, 0.25) is 5.91 Å². The highest BCUT2D eigenvalue weighted by Crippen LogP contribution is 2.30. The molecule has 0 spiro atoms. The summed E-state index contributed by atoms with van der Waals surface area (Å²) in [5.41, 5.74) is 6.50. The Hall–Kier alpha value is -3.03. The molecule has 26 heavy (non-hydrogen) atoms. The molecule has 2 amide bonds. The summed E-state index contributed by atoms with van der Waals surface area (Å²) in [5.74, 6) is -1.80. The maximum atomic E-state index is 14.6. The lowest BCUT2D eigenvalue weighted by Gasteiger charge is -2.16. The highest BCUT2D eigenvalue weighted by molar-refractivity contribution is 5.91. The van der Waals surface area contributed by atoms with Gasteiger partial charge in [0.05, 0.1) is 23.8 Å². The summed E-state index contributed by atoms with van der Waals surface area (Å²) in [5, 5.41) is 0. The van der Waals surface area contributed by atoms with E-state index in [4.69, 9.17) is 10.5 Å². The molecule has 1 aromatic carbocycles. The van der Waals surface area contributed by atoms with Gasteiger partial charge >= 0.3 is 6.09 Å². The van der Waals surface area contributed by atoms with Crippen molar-refractivity contribution in [3.05, 3.63) is 48.0 Å². The minimum Gasteiger partial charge on any atom is -0.443 e. The van der Waals surface area contributed by atoms with Crippen LogP contribution in [0.25, 0.3) is 11.1 Å². The van der Waals surface area contributed by atoms with Gasteiger partial charge in [-0.15, -0.1) is 0 Å². The fraction of sp³-hybridized carbons (Fsp3) is 0.278. The Morgan fingerprint density at radius 2 is 2.19 bits per heavy atom. The van der Waals surface area contributed by atoms with Gasteiger partial charge in [-0.05, 0) is 42.8 Å². The largest absolute Gasteiger partial charge is 0.443 e. The molecule has 1 fully saturated rings. The lowest BCUT2D eigenvalue weighted by Crippen LogP contribution is -2.34. The van der Waals surface area contributed by atoms with Gasteiger partial charge in [-0.1, -0.05) is 0 Å². The van der Waals surface area contributed by atoms with Gasteiger partial charge in [0.15, 0.2) is 0 Å². The van der Waals surface area contributed by atoms with E-state index in [2.05, 4.69) is 4.98 Å². The summed E-state index contributed by atoms with van der Waals surface area (Å²) in [4.78, 5) is 28.4. The minimum absolute atomic E-state index is 0.100. The quantitative estimate of drug-likeness (QED) is 0.887. The zero-order chi connectivity index (χ0) is 18.8. The van der Waals surface area contributed by atoms with Gasteiger partial charge in [-0.3, -0.25) is 14.7 Å². The molecule has 1 saturated heterocycles. The molecule has 8 heteroatoms. The SMILES string of the molecule is C[C@H](C(N)=O)C1CN(c2ccc(-c3ccnc(CF)c3)c(F)c2)C(=O)O1. The van der Waals surface area contributed by atoms with Crippen LogP contribution in [-0.4, -0.2) is 29.6 Å². The predicted octanol–water partition coefficient (Wildman–Crippen LogP) is 2.80. The number of carbonyl (C=O) groups is 2. The van der Waals surface area contributed by atoms with E-state index in [-0.39, 0.29) is 17.8 Å². The van der Waals surface area contributed by atoms with E-state index >= 15 is 0 Å². The van der Waals surface area contributed by atoms with Crippen LogP contribution in [0.4, 0.5) is 19.3 Å². The number of carbonyl (C=O) groups excluding carboxylic acids is 2. The van der Waals surface area contributed by atoms with E-state index in [9.17, 15) is 18.4 Å². The summed E-state index contributed by atoms with van der Waals surface area (Å²) in [7, 11) is 0. The van der Waals surface area contributed by atoms with Crippen LogP contribution >= 0.6 is 0 Å². The Morgan fingerprint density at radius 3 is 2.85 bits per heavy atom. The number of anilines is 1. The second-order valence-corrected chi connectivity index (χ2v) is 6.06. The number of ether oxygens (including phenoxy) is 1. The average Bonchev–Trinajstić information content (AvgIpc) is 3.02. The van der Waals surface area contributed by atoms with Gasteiger partial charge in [-0.25, -0.2) is 13.6 Å². The Bertz CT molecular complexity index is 859. The van der Waals surface area contributed by atoms with Crippen molar-refractivity contribution in [3.8, 4) is 11.1 Å². The fourth-order valence-corrected chi connectivity index (χ4v) is 2.76. The summed E-state index contributed by atoms with van der Waals surface area (Å²) in [6.45, 7) is 0.926. The molecule has 2 aromatic rings. The van der Waals surface area contributed by atoms with Crippen LogP contribution in [0.3, 0.4) is 0 Å². The smallest absolute Gasteiger partial charge is 0.414 e. The highest BCUT2D eigenvalue weighted by atomic mass is 19.1. The number of cyclic esters (lactones) is 1. The number of alkyl halides is 1. The Kier molecular flexibility index (Phi) is 4.83. The maximum absolute atomic E-state index is 14.6. The zero-order valence-corrected chi connectivity index (χ0v) is 14.0. The van der Waals surface area contributed by atoms with Crippen LogP contribution in [0.5, 0.6) is 0 Å². The fourth-order valence-electron chi connectivity index (χ4n) is 2.76. The summed E-state index contributed by atoms with van der Waals surface area (Å²) >= 11 is 0. The molecule has 136 valence electrons. The van der Waals surface area contributed by atoms with Gasteiger partial charge in [-0.2, -0.15) is 0 Å². The van der Waals surface area contributed by atoms with Crippen molar-refractivity contribution in [1.82, 2.24) is 4.98 Å². The van der Waals surface area contributed by atoms with E-state index in [1.54, 1.807) is 19.1 Å². The lowest BCUT2D eigenvalue weighted by atomic mass is 10.0. The number of halogens is 2. The molecule has 6 nitrogen and oxygen atoms in total. The third-order valence-corrected chi connectivity index (χ3v) is 4.37. The van der Waals surface area contributed by atoms with Crippen LogP contribution in [0.2, 0.25) is 0 Å². The van der Waals surface area contributed by atoms with Crippen molar-refractivity contribution >= 4 is 17.7 Å². The Balaban J connectivity index is 1.86. The van der Waals surface area contributed by atoms with Crippen molar-refractivity contribution in [2.75, 3.05) is 11.4 Å². The molecule has 0 bridgehead atoms. The van der Waals surface area contributed by atoms with Crippen molar-refractivity contribution in [3.63, 3.8) is 0 Å². The van der Waals surface area contributed by atoms with Crippen LogP contribution in [0, 0.1) is 11.7 Å². The Labute approximate surface area is 148 Å². The lowest BCUT2D eigenvalue weighted by molar-refractivity contribution is -0.123. The van der Waals surface area contributed by atoms with Crippen molar-refractivity contribution < 1.29 is 23.1 Å². The molecule has 1 aromatic heterocycles. The maximum Gasteiger partial charge on any atom is 0.414 e. The summed E-state index contributed by atoms with van der Waals surface area (Å²) < 4.78 is 32.5. The third kappa shape index (κ3) is 3.35. The number of nitrogens with zero attached hydrogens (tertiary/aromatic N) is 2. The molecule has 0 aliphatic carbocycles. The molecule has 2 heterocycles. The van der Waals surface area contributed by atoms with Gasteiger partial charge in [0, 0.05) is 11.8 Å². The first-order valence-corrected chi connectivity index (χ1v) is 7.99. The van der Waals surface area contributed by atoms with Crippen LogP contribution in [-0.2, 0) is 16.2 Å². The molecule has 1 unspecified atom stereocenters. The van der Waals surface area contributed by atoms with E-state index < -0.39 is 36.5 Å². The van der Waals surface area contributed by atoms with Crippen molar-refractivity contribution in [2.45, 2.75) is 19.7 Å². The van der Waals surface area contributed by atoms with E-state index in [1.807, 2.05) is 0 Å². The zero-order valence-electron chi connectivity index (χ0n) is 14.0. The molecule has 1 aliphatic rings. The summed E-state index contributed by atoms with van der Waals surface area (Å²) in [6.07, 6.45) is 0.0551. The van der Waals surface area contributed by atoms with Crippen LogP contribution in [0.15, 0.2) is 36.5 Å². The average molecular weight is 361 g/mol. The van der Waals surface area contributed by atoms with Gasteiger partial charge in [0.1, 0.15) is 18.6 Å². The molecular formula is C18H17F2N3O3. The molecule has 3 rings (SSSR count). The first kappa shape index (κ1) is 17.8. The number of benzene rings is 1. The number of nitrogens with two attached hydrogens (primary N) is 1. The van der Waals surface area contributed by atoms with E-state index in [0.717, 1.165) is 0 Å². The monoisotopic (exact) mass is 361 g/mol. The molecule has 0 radical (unpaired) electrons. The first-order chi connectivity index (χ1) is 12.4. The number of rotatable bonds is 5. The second kappa shape index (κ2) is 7.07.